The van der Waals surface area contributed by atoms with Gasteiger partial charge in [0, 0.05) is 0 Å². The van der Waals surface area contributed by atoms with E-state index >= 15 is 0 Å². The summed E-state index contributed by atoms with van der Waals surface area (Å²) in [5.41, 5.74) is 1.02. The number of furan rings is 1. The predicted molar refractivity (Wildman–Crippen MR) is 65.9 cm³/mol. The summed E-state index contributed by atoms with van der Waals surface area (Å²) in [5, 5.41) is 8.78. The molecule has 0 saturated heterocycles. The monoisotopic (exact) mass is 246 g/mol. The summed E-state index contributed by atoms with van der Waals surface area (Å²) in [6.07, 6.45) is -0.334. The topological polar surface area (TPSA) is 59.7 Å². The van der Waals surface area contributed by atoms with Crippen LogP contribution >= 0.6 is 0 Å². The van der Waals surface area contributed by atoms with Crippen molar-refractivity contribution >= 4 is 5.97 Å². The number of hydrogen-bond acceptors (Lipinski definition) is 3. The van der Waals surface area contributed by atoms with Crippen molar-refractivity contribution in [3.63, 3.8) is 0 Å². The second kappa shape index (κ2) is 4.96. The number of carboxylic acid groups (broad SMARTS) is 1. The third-order valence-electron chi connectivity index (χ3n) is 2.64. The zero-order chi connectivity index (χ0) is 13.1. The second-order valence-electron chi connectivity index (χ2n) is 4.03. The third-order valence-corrected chi connectivity index (χ3v) is 2.64. The highest BCUT2D eigenvalue weighted by Gasteiger charge is 2.15. The minimum absolute atomic E-state index is 0.0785. The number of aryl methyl sites for hydroxylation is 1. The van der Waals surface area contributed by atoms with Gasteiger partial charge in [0.05, 0.1) is 0 Å². The van der Waals surface area contributed by atoms with Crippen LogP contribution in [0, 0.1) is 6.92 Å². The predicted octanol–water partition coefficient (Wildman–Crippen LogP) is 3.43. The molecule has 94 valence electrons. The van der Waals surface area contributed by atoms with Crippen LogP contribution in [0.5, 0.6) is 5.75 Å². The lowest BCUT2D eigenvalue weighted by atomic mass is 10.2. The first-order valence-corrected chi connectivity index (χ1v) is 5.63. The normalized spacial score (nSPS) is 12.1. The Morgan fingerprint density at radius 2 is 2.00 bits per heavy atom. The average molecular weight is 246 g/mol. The molecule has 0 bridgehead atoms. The van der Waals surface area contributed by atoms with Crippen LogP contribution in [-0.2, 0) is 0 Å². The molecule has 18 heavy (non-hydrogen) atoms. The maximum Gasteiger partial charge on any atom is 0.371 e. The highest BCUT2D eigenvalue weighted by Crippen LogP contribution is 2.25. The average Bonchev–Trinajstić information content (AvgIpc) is 2.81. The molecule has 2 aromatic rings. The summed E-state index contributed by atoms with van der Waals surface area (Å²) in [7, 11) is 0. The number of carbonyl (C=O) groups is 1. The van der Waals surface area contributed by atoms with Crippen molar-refractivity contribution in [1.82, 2.24) is 0 Å². The fourth-order valence-corrected chi connectivity index (χ4v) is 1.62. The Labute approximate surface area is 105 Å². The van der Waals surface area contributed by atoms with Gasteiger partial charge in [0.25, 0.3) is 0 Å². The van der Waals surface area contributed by atoms with Gasteiger partial charge in [-0.05, 0) is 37.6 Å². The molecule has 0 saturated carbocycles. The van der Waals surface area contributed by atoms with Crippen molar-refractivity contribution in [2.45, 2.75) is 20.0 Å². The van der Waals surface area contributed by atoms with E-state index in [1.165, 1.54) is 6.07 Å². The van der Waals surface area contributed by atoms with E-state index in [9.17, 15) is 4.79 Å². The smallest absolute Gasteiger partial charge is 0.371 e. The molecule has 1 unspecified atom stereocenters. The van der Waals surface area contributed by atoms with Crippen molar-refractivity contribution < 1.29 is 19.1 Å². The van der Waals surface area contributed by atoms with Crippen LogP contribution < -0.4 is 4.74 Å². The van der Waals surface area contributed by atoms with Crippen LogP contribution in [0.1, 0.15) is 34.9 Å². The summed E-state index contributed by atoms with van der Waals surface area (Å²) in [4.78, 5) is 10.7. The molecule has 1 aromatic carbocycles. The lowest BCUT2D eigenvalue weighted by molar-refractivity contribution is 0.0655. The first-order chi connectivity index (χ1) is 8.58. The summed E-state index contributed by atoms with van der Waals surface area (Å²) in [6.45, 7) is 3.77. The van der Waals surface area contributed by atoms with Gasteiger partial charge in [0.15, 0.2) is 6.10 Å². The lowest BCUT2D eigenvalue weighted by Gasteiger charge is -2.14. The Balaban J connectivity index is 2.14. The fraction of sp³-hybridized carbons (Fsp3) is 0.214. The SMILES string of the molecule is Cc1ccccc1OC(C)c1ccc(C(=O)O)o1. The van der Waals surface area contributed by atoms with Crippen molar-refractivity contribution in [3.05, 3.63) is 53.5 Å². The zero-order valence-corrected chi connectivity index (χ0v) is 10.2. The van der Waals surface area contributed by atoms with Crippen LogP contribution in [0.15, 0.2) is 40.8 Å². The molecule has 0 aliphatic rings. The van der Waals surface area contributed by atoms with E-state index in [2.05, 4.69) is 0 Å². The molecule has 4 nitrogen and oxygen atoms in total. The van der Waals surface area contributed by atoms with Crippen LogP contribution in [-0.4, -0.2) is 11.1 Å². The van der Waals surface area contributed by atoms with E-state index in [1.807, 2.05) is 38.1 Å². The van der Waals surface area contributed by atoms with Gasteiger partial charge in [-0.1, -0.05) is 18.2 Å². The van der Waals surface area contributed by atoms with Crippen LogP contribution in [0.25, 0.3) is 0 Å². The molecule has 0 amide bonds. The Hall–Kier alpha value is -2.23. The number of rotatable bonds is 4. The number of benzene rings is 1. The largest absolute Gasteiger partial charge is 0.483 e. The van der Waals surface area contributed by atoms with Gasteiger partial charge in [-0.15, -0.1) is 0 Å². The summed E-state index contributed by atoms with van der Waals surface area (Å²) in [5.74, 6) is 0.100. The third kappa shape index (κ3) is 2.53. The van der Waals surface area contributed by atoms with Crippen molar-refractivity contribution in [3.8, 4) is 5.75 Å². The molecule has 1 atom stereocenters. The summed E-state index contributed by atoms with van der Waals surface area (Å²) < 4.78 is 10.9. The Morgan fingerprint density at radius 1 is 1.28 bits per heavy atom. The van der Waals surface area contributed by atoms with Gasteiger partial charge in [0.1, 0.15) is 11.5 Å². The van der Waals surface area contributed by atoms with Crippen molar-refractivity contribution in [2.24, 2.45) is 0 Å². The molecule has 0 aliphatic carbocycles. The first kappa shape index (κ1) is 12.2. The minimum atomic E-state index is -1.08. The molecule has 0 radical (unpaired) electrons. The maximum absolute atomic E-state index is 10.7. The molecule has 1 N–H and O–H groups in total. The van der Waals surface area contributed by atoms with Crippen LogP contribution in [0.4, 0.5) is 0 Å². The second-order valence-corrected chi connectivity index (χ2v) is 4.03. The number of para-hydroxylation sites is 1. The summed E-state index contributed by atoms with van der Waals surface area (Å²) >= 11 is 0. The van der Waals surface area contributed by atoms with E-state index in [-0.39, 0.29) is 11.9 Å². The van der Waals surface area contributed by atoms with Gasteiger partial charge < -0.3 is 14.3 Å². The standard InChI is InChI=1S/C14H14O4/c1-9-5-3-4-6-11(9)17-10(2)12-7-8-13(18-12)14(15)16/h3-8,10H,1-2H3,(H,15,16). The van der Waals surface area contributed by atoms with Crippen molar-refractivity contribution in [2.75, 3.05) is 0 Å². The molecule has 1 heterocycles. The van der Waals surface area contributed by atoms with Gasteiger partial charge in [-0.2, -0.15) is 0 Å². The number of hydrogen-bond donors (Lipinski definition) is 1. The summed E-state index contributed by atoms with van der Waals surface area (Å²) in [6, 6.07) is 10.7. The highest BCUT2D eigenvalue weighted by molar-refractivity contribution is 5.84. The zero-order valence-electron chi connectivity index (χ0n) is 10.2. The fourth-order valence-electron chi connectivity index (χ4n) is 1.62. The molecule has 4 heteroatoms. The molecule has 0 fully saturated rings. The molecule has 2 rings (SSSR count). The molecule has 0 aliphatic heterocycles. The van der Waals surface area contributed by atoms with Crippen LogP contribution in [0.3, 0.4) is 0 Å². The van der Waals surface area contributed by atoms with Gasteiger partial charge >= 0.3 is 5.97 Å². The molecular weight excluding hydrogens is 232 g/mol. The molecule has 0 spiro atoms. The Morgan fingerprint density at radius 3 is 2.61 bits per heavy atom. The quantitative estimate of drug-likeness (QED) is 0.897. The van der Waals surface area contributed by atoms with E-state index < -0.39 is 5.97 Å². The van der Waals surface area contributed by atoms with E-state index in [0.29, 0.717) is 5.76 Å². The van der Waals surface area contributed by atoms with Gasteiger partial charge in [-0.3, -0.25) is 0 Å². The van der Waals surface area contributed by atoms with Gasteiger partial charge in [0.2, 0.25) is 5.76 Å². The first-order valence-electron chi connectivity index (χ1n) is 5.63. The highest BCUT2D eigenvalue weighted by atomic mass is 16.5. The number of carboxylic acids is 1. The minimum Gasteiger partial charge on any atom is -0.483 e. The Bertz CT molecular complexity index is 556. The Kier molecular flexibility index (Phi) is 3.37. The molecule has 1 aromatic heterocycles. The molecular formula is C14H14O4. The van der Waals surface area contributed by atoms with Crippen LogP contribution in [0.2, 0.25) is 0 Å². The van der Waals surface area contributed by atoms with Gasteiger partial charge in [-0.25, -0.2) is 4.79 Å². The maximum atomic E-state index is 10.7. The van der Waals surface area contributed by atoms with E-state index in [1.54, 1.807) is 6.07 Å². The lowest BCUT2D eigenvalue weighted by Crippen LogP contribution is -2.03. The van der Waals surface area contributed by atoms with E-state index in [0.717, 1.165) is 11.3 Å². The number of ether oxygens (including phenoxy) is 1. The van der Waals surface area contributed by atoms with E-state index in [4.69, 9.17) is 14.3 Å². The number of aromatic carboxylic acids is 1. The van der Waals surface area contributed by atoms with Crippen molar-refractivity contribution in [1.29, 1.82) is 0 Å².